The van der Waals surface area contributed by atoms with Crippen LogP contribution in [0.3, 0.4) is 0 Å². The van der Waals surface area contributed by atoms with Crippen molar-refractivity contribution < 1.29 is 4.74 Å². The van der Waals surface area contributed by atoms with E-state index in [2.05, 4.69) is 6.07 Å². The van der Waals surface area contributed by atoms with E-state index in [0.29, 0.717) is 11.3 Å². The molecule has 0 fully saturated rings. The van der Waals surface area contributed by atoms with Crippen molar-refractivity contribution in [3.8, 4) is 11.8 Å². The number of rotatable bonds is 2. The predicted molar refractivity (Wildman–Crippen MR) is 45.8 cm³/mol. The zero-order valence-electron chi connectivity index (χ0n) is 7.16. The van der Waals surface area contributed by atoms with Gasteiger partial charge in [-0.25, -0.2) is 0 Å². The molecule has 0 bridgehead atoms. The number of hydrogen-bond acceptors (Lipinski definition) is 2. The van der Waals surface area contributed by atoms with Crippen LogP contribution in [0.15, 0.2) is 18.2 Å². The Hall–Kier alpha value is -1.49. The molecule has 0 heterocycles. The first kappa shape index (κ1) is 8.61. The van der Waals surface area contributed by atoms with Crippen LogP contribution in [0.25, 0.3) is 0 Å². The molecule has 0 aliphatic carbocycles. The van der Waals surface area contributed by atoms with E-state index in [0.717, 1.165) is 0 Å². The zero-order chi connectivity index (χ0) is 8.97. The highest BCUT2D eigenvalue weighted by Crippen LogP contribution is 2.17. The van der Waals surface area contributed by atoms with Crippen molar-refractivity contribution in [2.24, 2.45) is 0 Å². The average Bonchev–Trinajstić information content (AvgIpc) is 2.04. The largest absolute Gasteiger partial charge is 0.490 e. The molecule has 0 aromatic heterocycles. The van der Waals surface area contributed by atoms with E-state index in [4.69, 9.17) is 10.00 Å². The van der Waals surface area contributed by atoms with Gasteiger partial charge in [-0.3, -0.25) is 0 Å². The van der Waals surface area contributed by atoms with Crippen molar-refractivity contribution in [1.82, 2.24) is 0 Å². The molecule has 0 saturated heterocycles. The summed E-state index contributed by atoms with van der Waals surface area (Å²) in [4.78, 5) is 0. The second-order valence-corrected chi connectivity index (χ2v) is 2.69. The highest BCUT2D eigenvalue weighted by molar-refractivity contribution is 5.41. The summed E-state index contributed by atoms with van der Waals surface area (Å²) < 4.78 is 5.38. The average molecular weight is 160 g/mol. The number of nitrogens with zero attached hydrogens (tertiary/aromatic N) is 1. The molecule has 1 aromatic rings. The third-order valence-corrected chi connectivity index (χ3v) is 1.29. The molecule has 1 aromatic carbocycles. The van der Waals surface area contributed by atoms with Crippen LogP contribution < -0.4 is 4.74 Å². The van der Waals surface area contributed by atoms with Crippen LogP contribution in [0.1, 0.15) is 19.4 Å². The highest BCUT2D eigenvalue weighted by Gasteiger charge is 2.02. The lowest BCUT2D eigenvalue weighted by Gasteiger charge is -2.09. The van der Waals surface area contributed by atoms with E-state index in [9.17, 15) is 0 Å². The molecule has 0 aliphatic heterocycles. The smallest absolute Gasteiger partial charge is 0.138 e. The first-order valence-electron chi connectivity index (χ1n) is 3.81. The molecule has 0 atom stereocenters. The summed E-state index contributed by atoms with van der Waals surface area (Å²) in [6.07, 6.45) is 0.0906. The summed E-state index contributed by atoms with van der Waals surface area (Å²) in [5.41, 5.74) is 0.464. The van der Waals surface area contributed by atoms with Crippen molar-refractivity contribution in [2.45, 2.75) is 20.0 Å². The van der Waals surface area contributed by atoms with Gasteiger partial charge in [0.25, 0.3) is 0 Å². The Labute approximate surface area is 72.4 Å². The van der Waals surface area contributed by atoms with Crippen LogP contribution in [-0.2, 0) is 0 Å². The maximum Gasteiger partial charge on any atom is 0.138 e. The van der Waals surface area contributed by atoms with Crippen molar-refractivity contribution >= 4 is 0 Å². The molecule has 0 saturated carbocycles. The van der Waals surface area contributed by atoms with Crippen LogP contribution in [0, 0.1) is 17.4 Å². The summed E-state index contributed by atoms with van der Waals surface area (Å²) in [7, 11) is 0. The zero-order valence-corrected chi connectivity index (χ0v) is 7.16. The lowest BCUT2D eigenvalue weighted by atomic mass is 10.2. The first-order chi connectivity index (χ1) is 5.74. The van der Waals surface area contributed by atoms with Gasteiger partial charge in [0.05, 0.1) is 6.10 Å². The van der Waals surface area contributed by atoms with Crippen molar-refractivity contribution in [2.75, 3.05) is 0 Å². The Bertz CT molecular complexity index is 299. The Balaban J connectivity index is 2.91. The summed E-state index contributed by atoms with van der Waals surface area (Å²) in [6, 6.07) is 10.1. The van der Waals surface area contributed by atoms with Gasteiger partial charge in [-0.2, -0.15) is 5.26 Å². The minimum atomic E-state index is 0.0906. The lowest BCUT2D eigenvalue weighted by Crippen LogP contribution is -2.06. The topological polar surface area (TPSA) is 33.0 Å². The summed E-state index contributed by atoms with van der Waals surface area (Å²) in [5, 5.41) is 8.67. The third kappa shape index (κ3) is 2.00. The number of nitriles is 1. The van der Waals surface area contributed by atoms with Gasteiger partial charge in [0, 0.05) is 6.07 Å². The number of benzene rings is 1. The predicted octanol–water partition coefficient (Wildman–Crippen LogP) is 2.15. The molecule has 12 heavy (non-hydrogen) atoms. The molecule has 0 N–H and O–H groups in total. The van der Waals surface area contributed by atoms with E-state index in [-0.39, 0.29) is 6.10 Å². The quantitative estimate of drug-likeness (QED) is 0.664. The molecule has 1 radical (unpaired) electrons. The first-order valence-corrected chi connectivity index (χ1v) is 3.81. The fraction of sp³-hybridized carbons (Fsp3) is 0.300. The summed E-state index contributed by atoms with van der Waals surface area (Å²) in [5.74, 6) is 0.606. The minimum Gasteiger partial charge on any atom is -0.490 e. The fourth-order valence-electron chi connectivity index (χ4n) is 0.861. The van der Waals surface area contributed by atoms with Crippen LogP contribution in [-0.4, -0.2) is 6.10 Å². The maximum absolute atomic E-state index is 8.67. The van der Waals surface area contributed by atoms with E-state index >= 15 is 0 Å². The molecular weight excluding hydrogens is 150 g/mol. The van der Waals surface area contributed by atoms with Gasteiger partial charge in [-0.1, -0.05) is 12.1 Å². The molecular formula is C10H10NO. The second-order valence-electron chi connectivity index (χ2n) is 2.69. The van der Waals surface area contributed by atoms with Crippen molar-refractivity contribution in [3.05, 3.63) is 29.8 Å². The normalized spacial score (nSPS) is 9.50. The molecule has 2 nitrogen and oxygen atoms in total. The summed E-state index contributed by atoms with van der Waals surface area (Å²) >= 11 is 0. The molecule has 0 unspecified atom stereocenters. The highest BCUT2D eigenvalue weighted by atomic mass is 16.5. The SMILES string of the molecule is CC(C)Oc1ccc[c]c1C#N. The maximum atomic E-state index is 8.67. The van der Waals surface area contributed by atoms with Gasteiger partial charge in [-0.05, 0) is 19.9 Å². The van der Waals surface area contributed by atoms with Gasteiger partial charge in [0.1, 0.15) is 17.4 Å². The van der Waals surface area contributed by atoms with E-state index < -0.39 is 0 Å². The Kier molecular flexibility index (Phi) is 2.71. The van der Waals surface area contributed by atoms with E-state index in [1.165, 1.54) is 0 Å². The number of hydrogen-bond donors (Lipinski definition) is 0. The molecule has 0 aliphatic rings. The van der Waals surface area contributed by atoms with Gasteiger partial charge in [0.15, 0.2) is 0 Å². The van der Waals surface area contributed by atoms with E-state index in [1.807, 2.05) is 19.9 Å². The van der Waals surface area contributed by atoms with Gasteiger partial charge in [-0.15, -0.1) is 0 Å². The monoisotopic (exact) mass is 160 g/mol. The standard InChI is InChI=1S/C10H10NO/c1-8(2)12-10-6-4-3-5-9(10)7-11/h3-4,6,8H,1-2H3. The van der Waals surface area contributed by atoms with Crippen LogP contribution in [0.2, 0.25) is 0 Å². The molecule has 0 amide bonds. The van der Waals surface area contributed by atoms with Crippen LogP contribution in [0.4, 0.5) is 0 Å². The Morgan fingerprint density at radius 3 is 2.92 bits per heavy atom. The molecule has 1 rings (SSSR count). The third-order valence-electron chi connectivity index (χ3n) is 1.29. The number of ether oxygens (including phenoxy) is 1. The van der Waals surface area contributed by atoms with Gasteiger partial charge < -0.3 is 4.74 Å². The lowest BCUT2D eigenvalue weighted by molar-refractivity contribution is 0.241. The van der Waals surface area contributed by atoms with E-state index in [1.54, 1.807) is 18.2 Å². The van der Waals surface area contributed by atoms with Crippen molar-refractivity contribution in [3.63, 3.8) is 0 Å². The molecule has 2 heteroatoms. The molecule has 0 spiro atoms. The minimum absolute atomic E-state index is 0.0906. The fourth-order valence-corrected chi connectivity index (χ4v) is 0.861. The van der Waals surface area contributed by atoms with Crippen LogP contribution in [0.5, 0.6) is 5.75 Å². The second kappa shape index (κ2) is 3.77. The molecule has 61 valence electrons. The Morgan fingerprint density at radius 1 is 1.58 bits per heavy atom. The van der Waals surface area contributed by atoms with Gasteiger partial charge >= 0.3 is 0 Å². The summed E-state index contributed by atoms with van der Waals surface area (Å²) in [6.45, 7) is 3.85. The Morgan fingerprint density at radius 2 is 2.33 bits per heavy atom. The van der Waals surface area contributed by atoms with Crippen molar-refractivity contribution in [1.29, 1.82) is 5.26 Å². The van der Waals surface area contributed by atoms with Crippen LogP contribution >= 0.6 is 0 Å². The van der Waals surface area contributed by atoms with Gasteiger partial charge in [0.2, 0.25) is 0 Å².